The van der Waals surface area contributed by atoms with Crippen molar-refractivity contribution in [2.45, 2.75) is 13.3 Å². The fourth-order valence-electron chi connectivity index (χ4n) is 4.08. The van der Waals surface area contributed by atoms with Gasteiger partial charge in [-0.3, -0.25) is 4.79 Å². The number of para-hydroxylation sites is 2. The lowest BCUT2D eigenvalue weighted by Crippen LogP contribution is -2.35. The van der Waals surface area contributed by atoms with Crippen molar-refractivity contribution in [1.29, 1.82) is 0 Å². The van der Waals surface area contributed by atoms with E-state index >= 15 is 0 Å². The van der Waals surface area contributed by atoms with Gasteiger partial charge in [0.1, 0.15) is 11.5 Å². The fourth-order valence-corrected chi connectivity index (χ4v) is 4.08. The van der Waals surface area contributed by atoms with E-state index in [-0.39, 0.29) is 11.7 Å². The molecule has 1 aliphatic heterocycles. The molecule has 1 amide bonds. The van der Waals surface area contributed by atoms with Gasteiger partial charge in [0.25, 0.3) is 5.91 Å². The summed E-state index contributed by atoms with van der Waals surface area (Å²) in [4.78, 5) is 28.3. The summed E-state index contributed by atoms with van der Waals surface area (Å²) in [6.07, 6.45) is 0.858. The van der Waals surface area contributed by atoms with Crippen LogP contribution < -0.4 is 4.90 Å². The van der Waals surface area contributed by atoms with Crippen LogP contribution in [0.3, 0.4) is 0 Å². The van der Waals surface area contributed by atoms with Crippen LogP contribution in [-0.2, 0) is 0 Å². The van der Waals surface area contributed by atoms with Gasteiger partial charge in [-0.2, -0.15) is 0 Å². The minimum absolute atomic E-state index is 0.0486. The monoisotopic (exact) mass is 391 g/mol. The molecular weight excluding hydrogens is 369 g/mol. The van der Waals surface area contributed by atoms with Gasteiger partial charge in [-0.05, 0) is 49.2 Å². The van der Waals surface area contributed by atoms with Crippen LogP contribution in [0.15, 0.2) is 42.5 Å². The topological polar surface area (TPSA) is 68.0 Å². The van der Waals surface area contributed by atoms with Crippen molar-refractivity contribution in [2.75, 3.05) is 31.1 Å². The van der Waals surface area contributed by atoms with E-state index in [0.717, 1.165) is 40.9 Å². The minimum atomic E-state index is -0.299. The van der Waals surface area contributed by atoms with Crippen molar-refractivity contribution in [2.24, 2.45) is 0 Å². The standard InChI is InChI=1S/C22H22FN5O/c1-14-11-15(23)12-19-16(14)13-20(24-19)21(29)27-7-4-8-28(10-9-27)22-25-17-5-2-3-6-18(17)26-22/h2-3,5-6,11-13,24H,4,7-10H2,1H3,(H,25,26). The molecule has 0 bridgehead atoms. The molecular formula is C22H22FN5O. The van der Waals surface area contributed by atoms with E-state index in [1.807, 2.05) is 42.2 Å². The maximum atomic E-state index is 13.7. The molecule has 4 aromatic rings. The van der Waals surface area contributed by atoms with E-state index in [1.165, 1.54) is 12.1 Å². The zero-order chi connectivity index (χ0) is 20.0. The highest BCUT2D eigenvalue weighted by Crippen LogP contribution is 2.23. The molecule has 0 saturated carbocycles. The maximum Gasteiger partial charge on any atom is 0.270 e. The van der Waals surface area contributed by atoms with Gasteiger partial charge in [0.2, 0.25) is 5.95 Å². The quantitative estimate of drug-likeness (QED) is 0.545. The Bertz CT molecular complexity index is 1180. The minimum Gasteiger partial charge on any atom is -0.350 e. The molecule has 7 heteroatoms. The number of aromatic nitrogens is 3. The van der Waals surface area contributed by atoms with Gasteiger partial charge in [-0.15, -0.1) is 0 Å². The van der Waals surface area contributed by atoms with Crippen LogP contribution in [0.1, 0.15) is 22.5 Å². The molecule has 0 spiro atoms. The third kappa shape index (κ3) is 3.22. The number of nitrogens with zero attached hydrogens (tertiary/aromatic N) is 3. The number of fused-ring (bicyclic) bond motifs is 2. The van der Waals surface area contributed by atoms with Gasteiger partial charge in [-0.25, -0.2) is 9.37 Å². The van der Waals surface area contributed by atoms with Crippen LogP contribution in [0.2, 0.25) is 0 Å². The van der Waals surface area contributed by atoms with Gasteiger partial charge in [-0.1, -0.05) is 12.1 Å². The second-order valence-electron chi connectivity index (χ2n) is 7.58. The normalized spacial score (nSPS) is 15.2. The molecule has 2 aromatic heterocycles. The molecule has 0 radical (unpaired) electrons. The summed E-state index contributed by atoms with van der Waals surface area (Å²) in [6.45, 7) is 4.68. The van der Waals surface area contributed by atoms with Gasteiger partial charge < -0.3 is 19.8 Å². The van der Waals surface area contributed by atoms with Crippen molar-refractivity contribution >= 4 is 33.8 Å². The molecule has 1 saturated heterocycles. The highest BCUT2D eigenvalue weighted by atomic mass is 19.1. The van der Waals surface area contributed by atoms with Crippen molar-refractivity contribution in [3.8, 4) is 0 Å². The summed E-state index contributed by atoms with van der Waals surface area (Å²) >= 11 is 0. The number of aromatic amines is 2. The average Bonchev–Trinajstić information content (AvgIpc) is 3.24. The number of rotatable bonds is 2. The van der Waals surface area contributed by atoms with Crippen LogP contribution >= 0.6 is 0 Å². The first-order valence-corrected chi connectivity index (χ1v) is 9.86. The zero-order valence-corrected chi connectivity index (χ0v) is 16.2. The Balaban J connectivity index is 1.35. The second-order valence-corrected chi connectivity index (χ2v) is 7.58. The fraction of sp³-hybridized carbons (Fsp3) is 0.273. The number of benzene rings is 2. The number of amides is 1. The Morgan fingerprint density at radius 2 is 1.90 bits per heavy atom. The number of hydrogen-bond donors (Lipinski definition) is 2. The Kier molecular flexibility index (Phi) is 4.23. The number of H-pyrrole nitrogens is 2. The molecule has 0 atom stereocenters. The SMILES string of the molecule is Cc1cc(F)cc2[nH]c(C(=O)N3CCCN(c4nc5ccccc5[nH]4)CC3)cc12. The Morgan fingerprint density at radius 3 is 2.76 bits per heavy atom. The molecule has 3 heterocycles. The Morgan fingerprint density at radius 1 is 1.03 bits per heavy atom. The van der Waals surface area contributed by atoms with Crippen LogP contribution in [0.25, 0.3) is 21.9 Å². The number of imidazole rings is 1. The highest BCUT2D eigenvalue weighted by Gasteiger charge is 2.23. The second kappa shape index (κ2) is 6.92. The van der Waals surface area contributed by atoms with E-state index in [0.29, 0.717) is 30.8 Å². The van der Waals surface area contributed by atoms with Crippen molar-refractivity contribution in [3.05, 3.63) is 59.5 Å². The van der Waals surface area contributed by atoms with Crippen LogP contribution in [0, 0.1) is 12.7 Å². The summed E-state index contributed by atoms with van der Waals surface area (Å²) in [7, 11) is 0. The van der Waals surface area contributed by atoms with Crippen LogP contribution in [0.5, 0.6) is 0 Å². The predicted octanol–water partition coefficient (Wildman–Crippen LogP) is 3.84. The summed E-state index contributed by atoms with van der Waals surface area (Å²) in [6, 6.07) is 12.7. The number of anilines is 1. The third-order valence-electron chi connectivity index (χ3n) is 5.60. The van der Waals surface area contributed by atoms with Gasteiger partial charge in [0.15, 0.2) is 0 Å². The van der Waals surface area contributed by atoms with Crippen LogP contribution in [-0.4, -0.2) is 51.9 Å². The Hall–Kier alpha value is -3.35. The first-order valence-electron chi connectivity index (χ1n) is 9.86. The van der Waals surface area contributed by atoms with Gasteiger partial charge in [0, 0.05) is 37.1 Å². The number of halogens is 1. The molecule has 148 valence electrons. The number of nitrogens with one attached hydrogen (secondary N) is 2. The molecule has 0 unspecified atom stereocenters. The van der Waals surface area contributed by atoms with E-state index in [4.69, 9.17) is 0 Å². The molecule has 0 aliphatic carbocycles. The molecule has 29 heavy (non-hydrogen) atoms. The lowest BCUT2D eigenvalue weighted by molar-refractivity contribution is 0.0762. The first kappa shape index (κ1) is 17.7. The summed E-state index contributed by atoms with van der Waals surface area (Å²) in [5, 5.41) is 0.883. The lowest BCUT2D eigenvalue weighted by Gasteiger charge is -2.21. The van der Waals surface area contributed by atoms with Crippen molar-refractivity contribution in [1.82, 2.24) is 19.9 Å². The van der Waals surface area contributed by atoms with E-state index < -0.39 is 0 Å². The Labute approximate surface area is 167 Å². The van der Waals surface area contributed by atoms with E-state index in [1.54, 1.807) is 0 Å². The van der Waals surface area contributed by atoms with Crippen molar-refractivity contribution < 1.29 is 9.18 Å². The number of aryl methyl sites for hydroxylation is 1. The van der Waals surface area contributed by atoms with E-state index in [9.17, 15) is 9.18 Å². The molecule has 2 N–H and O–H groups in total. The number of hydrogen-bond acceptors (Lipinski definition) is 3. The molecule has 5 rings (SSSR count). The van der Waals surface area contributed by atoms with E-state index in [2.05, 4.69) is 19.9 Å². The molecule has 6 nitrogen and oxygen atoms in total. The zero-order valence-electron chi connectivity index (χ0n) is 16.2. The smallest absolute Gasteiger partial charge is 0.270 e. The van der Waals surface area contributed by atoms with Crippen LogP contribution in [0.4, 0.5) is 10.3 Å². The number of carbonyl (C=O) groups is 1. The van der Waals surface area contributed by atoms with Gasteiger partial charge in [0.05, 0.1) is 11.0 Å². The summed E-state index contributed by atoms with van der Waals surface area (Å²) < 4.78 is 13.7. The molecule has 1 fully saturated rings. The molecule has 2 aromatic carbocycles. The highest BCUT2D eigenvalue weighted by molar-refractivity contribution is 5.99. The average molecular weight is 391 g/mol. The summed E-state index contributed by atoms with van der Waals surface area (Å²) in [5.74, 6) is 0.497. The largest absolute Gasteiger partial charge is 0.350 e. The molecule has 1 aliphatic rings. The summed E-state index contributed by atoms with van der Waals surface area (Å²) in [5.41, 5.74) is 3.94. The maximum absolute atomic E-state index is 13.7. The lowest BCUT2D eigenvalue weighted by atomic mass is 10.1. The third-order valence-corrected chi connectivity index (χ3v) is 5.60. The first-order chi connectivity index (χ1) is 14.1. The van der Waals surface area contributed by atoms with Gasteiger partial charge >= 0.3 is 0 Å². The predicted molar refractivity (Wildman–Crippen MR) is 112 cm³/mol. The number of carbonyl (C=O) groups excluding carboxylic acids is 1. The van der Waals surface area contributed by atoms with Crippen molar-refractivity contribution in [3.63, 3.8) is 0 Å².